The predicted molar refractivity (Wildman–Crippen MR) is 50.6 cm³/mol. The van der Waals surface area contributed by atoms with E-state index in [4.69, 9.17) is 5.11 Å². The van der Waals surface area contributed by atoms with Crippen LogP contribution in [-0.2, 0) is 0 Å². The number of fused-ring (bicyclic) bond motifs is 1. The van der Waals surface area contributed by atoms with Crippen LogP contribution in [0.1, 0.15) is 20.3 Å². The maximum atomic E-state index is 8.89. The third kappa shape index (κ3) is 2.43. The minimum absolute atomic E-state index is 0.00509. The van der Waals surface area contributed by atoms with Gasteiger partial charge in [-0.2, -0.15) is 0 Å². The molecule has 0 aromatic carbocycles. The SMILES string of the molecule is CCC.Oc1cn2ccnc2cn1. The van der Waals surface area contributed by atoms with Gasteiger partial charge in [0, 0.05) is 12.4 Å². The Morgan fingerprint density at radius 2 is 2.08 bits per heavy atom. The lowest BCUT2D eigenvalue weighted by molar-refractivity contribution is 0.450. The summed E-state index contributed by atoms with van der Waals surface area (Å²) in [6.07, 6.45) is 7.66. The van der Waals surface area contributed by atoms with Gasteiger partial charge in [0.1, 0.15) is 0 Å². The van der Waals surface area contributed by atoms with E-state index >= 15 is 0 Å². The molecule has 0 aliphatic rings. The van der Waals surface area contributed by atoms with Crippen LogP contribution in [0, 0.1) is 0 Å². The normalized spacial score (nSPS) is 9.38. The third-order valence-electron chi connectivity index (χ3n) is 1.27. The van der Waals surface area contributed by atoms with Crippen molar-refractivity contribution in [2.75, 3.05) is 0 Å². The first-order valence-electron chi connectivity index (χ1n) is 4.25. The second-order valence-corrected chi connectivity index (χ2v) is 2.65. The zero-order valence-electron chi connectivity index (χ0n) is 7.81. The molecule has 0 saturated heterocycles. The average Bonchev–Trinajstić information content (AvgIpc) is 2.52. The third-order valence-corrected chi connectivity index (χ3v) is 1.27. The van der Waals surface area contributed by atoms with Gasteiger partial charge >= 0.3 is 0 Å². The van der Waals surface area contributed by atoms with Crippen molar-refractivity contribution in [1.29, 1.82) is 0 Å². The van der Waals surface area contributed by atoms with Gasteiger partial charge in [0.15, 0.2) is 5.65 Å². The van der Waals surface area contributed by atoms with Gasteiger partial charge in [-0.1, -0.05) is 20.3 Å². The van der Waals surface area contributed by atoms with Crippen molar-refractivity contribution in [3.63, 3.8) is 0 Å². The maximum absolute atomic E-state index is 8.89. The summed E-state index contributed by atoms with van der Waals surface area (Å²) >= 11 is 0. The van der Waals surface area contributed by atoms with Crippen LogP contribution in [0.5, 0.6) is 5.88 Å². The Bertz CT molecular complexity index is 370. The van der Waals surface area contributed by atoms with E-state index in [1.807, 2.05) is 0 Å². The van der Waals surface area contributed by atoms with Crippen molar-refractivity contribution in [3.8, 4) is 5.88 Å². The molecular formula is C9H13N3O. The quantitative estimate of drug-likeness (QED) is 0.671. The molecule has 1 N–H and O–H groups in total. The largest absolute Gasteiger partial charge is 0.492 e. The van der Waals surface area contributed by atoms with Crippen molar-refractivity contribution in [1.82, 2.24) is 14.4 Å². The second-order valence-electron chi connectivity index (χ2n) is 2.65. The maximum Gasteiger partial charge on any atom is 0.228 e. The Hall–Kier alpha value is -1.58. The summed E-state index contributed by atoms with van der Waals surface area (Å²) < 4.78 is 1.70. The van der Waals surface area contributed by atoms with E-state index in [2.05, 4.69) is 23.8 Å². The van der Waals surface area contributed by atoms with E-state index in [-0.39, 0.29) is 5.88 Å². The van der Waals surface area contributed by atoms with Gasteiger partial charge in [-0.3, -0.25) is 0 Å². The fraction of sp³-hybridized carbons (Fsp3) is 0.333. The van der Waals surface area contributed by atoms with E-state index in [0.717, 1.165) is 5.65 Å². The topological polar surface area (TPSA) is 50.4 Å². The van der Waals surface area contributed by atoms with Crippen LogP contribution in [0.15, 0.2) is 24.8 Å². The molecule has 0 aliphatic carbocycles. The van der Waals surface area contributed by atoms with E-state index < -0.39 is 0 Å². The number of hydrogen-bond acceptors (Lipinski definition) is 3. The van der Waals surface area contributed by atoms with Crippen molar-refractivity contribution < 1.29 is 5.11 Å². The molecule has 0 fully saturated rings. The molecular weight excluding hydrogens is 166 g/mol. The summed E-state index contributed by atoms with van der Waals surface area (Å²) in [6.45, 7) is 4.25. The van der Waals surface area contributed by atoms with Gasteiger partial charge in [-0.25, -0.2) is 9.97 Å². The molecule has 2 aromatic heterocycles. The first-order valence-corrected chi connectivity index (χ1v) is 4.25. The van der Waals surface area contributed by atoms with Crippen molar-refractivity contribution in [2.45, 2.75) is 20.3 Å². The number of hydrogen-bond donors (Lipinski definition) is 1. The minimum Gasteiger partial charge on any atom is -0.492 e. The first-order chi connectivity index (χ1) is 6.27. The Morgan fingerprint density at radius 1 is 1.38 bits per heavy atom. The summed E-state index contributed by atoms with van der Waals surface area (Å²) in [6, 6.07) is 0. The highest BCUT2D eigenvalue weighted by Crippen LogP contribution is 2.04. The van der Waals surface area contributed by atoms with Crippen LogP contribution in [0.4, 0.5) is 0 Å². The fourth-order valence-corrected chi connectivity index (χ4v) is 0.815. The molecule has 70 valence electrons. The van der Waals surface area contributed by atoms with Gasteiger partial charge in [-0.15, -0.1) is 0 Å². The molecule has 0 saturated carbocycles. The molecule has 4 nitrogen and oxygen atoms in total. The molecule has 2 rings (SSSR count). The molecule has 0 bridgehead atoms. The van der Waals surface area contributed by atoms with Crippen LogP contribution < -0.4 is 0 Å². The number of nitrogens with zero attached hydrogens (tertiary/aromatic N) is 3. The van der Waals surface area contributed by atoms with E-state index in [9.17, 15) is 0 Å². The lowest BCUT2D eigenvalue weighted by Crippen LogP contribution is -1.83. The highest BCUT2D eigenvalue weighted by molar-refractivity contribution is 5.35. The van der Waals surface area contributed by atoms with Crippen molar-refractivity contribution in [3.05, 3.63) is 24.8 Å². The zero-order valence-corrected chi connectivity index (χ0v) is 7.81. The molecule has 0 radical (unpaired) electrons. The molecule has 2 heterocycles. The minimum atomic E-state index is 0.00509. The van der Waals surface area contributed by atoms with E-state index in [0.29, 0.717) is 0 Å². The van der Waals surface area contributed by atoms with E-state index in [1.54, 1.807) is 16.8 Å². The summed E-state index contributed by atoms with van der Waals surface area (Å²) in [5.41, 5.74) is 0.734. The Labute approximate surface area is 76.9 Å². The van der Waals surface area contributed by atoms with Crippen molar-refractivity contribution >= 4 is 5.65 Å². The molecule has 2 aromatic rings. The highest BCUT2D eigenvalue weighted by atomic mass is 16.3. The standard InChI is InChI=1S/C6H5N3O.C3H8/c10-6-4-9-2-1-7-5(9)3-8-6;1-3-2/h1-4,10H;3H2,1-2H3. The van der Waals surface area contributed by atoms with Crippen LogP contribution >= 0.6 is 0 Å². The fourth-order valence-electron chi connectivity index (χ4n) is 0.815. The average molecular weight is 179 g/mol. The van der Waals surface area contributed by atoms with Gasteiger partial charge in [0.05, 0.1) is 12.4 Å². The van der Waals surface area contributed by atoms with Gasteiger partial charge < -0.3 is 9.51 Å². The number of imidazole rings is 1. The van der Waals surface area contributed by atoms with Gasteiger partial charge in [0.25, 0.3) is 0 Å². The molecule has 0 amide bonds. The monoisotopic (exact) mass is 179 g/mol. The van der Waals surface area contributed by atoms with Gasteiger partial charge in [-0.05, 0) is 0 Å². The summed E-state index contributed by atoms with van der Waals surface area (Å²) in [7, 11) is 0. The van der Waals surface area contributed by atoms with Gasteiger partial charge in [0.2, 0.25) is 5.88 Å². The lowest BCUT2D eigenvalue weighted by atomic mass is 10.6. The molecule has 0 atom stereocenters. The summed E-state index contributed by atoms with van der Waals surface area (Å²) in [5, 5.41) is 8.89. The molecule has 0 unspecified atom stereocenters. The zero-order chi connectivity index (χ0) is 9.68. The Balaban J connectivity index is 0.000000251. The van der Waals surface area contributed by atoms with Crippen LogP contribution in [0.25, 0.3) is 5.65 Å². The molecule has 0 spiro atoms. The molecule has 13 heavy (non-hydrogen) atoms. The number of aromatic nitrogens is 3. The first kappa shape index (κ1) is 9.51. The Kier molecular flexibility index (Phi) is 3.25. The highest BCUT2D eigenvalue weighted by Gasteiger charge is 1.93. The Morgan fingerprint density at radius 3 is 2.77 bits per heavy atom. The van der Waals surface area contributed by atoms with Crippen molar-refractivity contribution in [2.24, 2.45) is 0 Å². The summed E-state index contributed by atoms with van der Waals surface area (Å²) in [4.78, 5) is 7.60. The second kappa shape index (κ2) is 4.45. The number of rotatable bonds is 0. The van der Waals surface area contributed by atoms with Crippen LogP contribution in [0.2, 0.25) is 0 Å². The van der Waals surface area contributed by atoms with Crippen LogP contribution in [-0.4, -0.2) is 19.5 Å². The number of aromatic hydroxyl groups is 1. The molecule has 4 heteroatoms. The lowest BCUT2D eigenvalue weighted by Gasteiger charge is -1.91. The smallest absolute Gasteiger partial charge is 0.228 e. The predicted octanol–water partition coefficient (Wildman–Crippen LogP) is 1.85. The van der Waals surface area contributed by atoms with E-state index in [1.165, 1.54) is 18.8 Å². The summed E-state index contributed by atoms with van der Waals surface area (Å²) in [5.74, 6) is 0.00509. The van der Waals surface area contributed by atoms with Crippen LogP contribution in [0.3, 0.4) is 0 Å². The molecule has 0 aliphatic heterocycles.